The van der Waals surface area contributed by atoms with Crippen molar-refractivity contribution < 1.29 is 9.90 Å². The van der Waals surface area contributed by atoms with Crippen LogP contribution in [0.5, 0.6) is 0 Å². The number of rotatable bonds is 5. The molecule has 1 aromatic heterocycles. The topological polar surface area (TPSA) is 84.2 Å². The average molecular weight is 287 g/mol. The van der Waals surface area contributed by atoms with E-state index < -0.39 is 11.9 Å². The summed E-state index contributed by atoms with van der Waals surface area (Å²) in [6.45, 7) is -0.174. The molecule has 2 rings (SSSR count). The number of aliphatic hydroxyl groups is 1. The Hall–Kier alpha value is -2.47. The van der Waals surface area contributed by atoms with Gasteiger partial charge in [-0.3, -0.25) is 9.59 Å². The molecular weight excluding hydrogens is 270 g/mol. The van der Waals surface area contributed by atoms with E-state index in [1.165, 1.54) is 19.2 Å². The first-order valence-electron chi connectivity index (χ1n) is 6.60. The molecule has 0 radical (unpaired) electrons. The van der Waals surface area contributed by atoms with Crippen molar-refractivity contribution in [2.24, 2.45) is 7.05 Å². The lowest BCUT2D eigenvalue weighted by Crippen LogP contribution is -2.40. The van der Waals surface area contributed by atoms with E-state index in [4.69, 9.17) is 0 Å². The molecule has 0 spiro atoms. The predicted molar refractivity (Wildman–Crippen MR) is 78.0 cm³/mol. The average Bonchev–Trinajstić information content (AvgIpc) is 2.50. The van der Waals surface area contributed by atoms with Gasteiger partial charge in [-0.2, -0.15) is 5.10 Å². The van der Waals surface area contributed by atoms with Crippen molar-refractivity contribution in [1.82, 2.24) is 15.1 Å². The van der Waals surface area contributed by atoms with Crippen molar-refractivity contribution in [3.63, 3.8) is 0 Å². The van der Waals surface area contributed by atoms with E-state index in [1.54, 1.807) is 0 Å². The van der Waals surface area contributed by atoms with Crippen molar-refractivity contribution in [3.05, 3.63) is 64.1 Å². The van der Waals surface area contributed by atoms with Gasteiger partial charge >= 0.3 is 0 Å². The Kier molecular flexibility index (Phi) is 4.84. The highest BCUT2D eigenvalue weighted by atomic mass is 16.3. The Morgan fingerprint density at radius 1 is 1.29 bits per heavy atom. The first kappa shape index (κ1) is 14.9. The van der Waals surface area contributed by atoms with E-state index in [0.29, 0.717) is 6.42 Å². The second-order valence-corrected chi connectivity index (χ2v) is 4.72. The lowest BCUT2D eigenvalue weighted by atomic mass is 10.1. The van der Waals surface area contributed by atoms with Crippen LogP contribution in [0.2, 0.25) is 0 Å². The quantitative estimate of drug-likeness (QED) is 0.817. The number of aromatic nitrogens is 2. The number of aliphatic hydroxyl groups excluding tert-OH is 1. The molecule has 0 bridgehead atoms. The van der Waals surface area contributed by atoms with E-state index in [2.05, 4.69) is 10.4 Å². The van der Waals surface area contributed by atoms with Gasteiger partial charge in [0, 0.05) is 13.1 Å². The van der Waals surface area contributed by atoms with Crippen LogP contribution >= 0.6 is 0 Å². The molecule has 1 atom stereocenters. The number of amides is 1. The molecule has 0 saturated carbocycles. The van der Waals surface area contributed by atoms with Gasteiger partial charge in [0.2, 0.25) is 0 Å². The highest BCUT2D eigenvalue weighted by Gasteiger charge is 2.15. The summed E-state index contributed by atoms with van der Waals surface area (Å²) in [6, 6.07) is 11.8. The minimum absolute atomic E-state index is 0.142. The minimum atomic E-state index is -0.416. The fraction of sp³-hybridized carbons (Fsp3) is 0.267. The second-order valence-electron chi connectivity index (χ2n) is 4.72. The molecule has 21 heavy (non-hydrogen) atoms. The first-order valence-corrected chi connectivity index (χ1v) is 6.60. The molecule has 6 nitrogen and oxygen atoms in total. The fourth-order valence-electron chi connectivity index (χ4n) is 1.94. The lowest BCUT2D eigenvalue weighted by molar-refractivity contribution is 0.0909. The molecule has 1 heterocycles. The zero-order valence-corrected chi connectivity index (χ0v) is 11.7. The summed E-state index contributed by atoms with van der Waals surface area (Å²) in [5, 5.41) is 16.0. The molecule has 110 valence electrons. The number of hydrogen-bond acceptors (Lipinski definition) is 4. The molecule has 6 heteroatoms. The Morgan fingerprint density at radius 3 is 2.62 bits per heavy atom. The number of hydrogen-bond donors (Lipinski definition) is 2. The van der Waals surface area contributed by atoms with Crippen LogP contribution in [0.3, 0.4) is 0 Å². The van der Waals surface area contributed by atoms with Crippen LogP contribution in [0.25, 0.3) is 0 Å². The molecule has 0 aliphatic heterocycles. The smallest absolute Gasteiger partial charge is 0.272 e. The Morgan fingerprint density at radius 2 is 2.00 bits per heavy atom. The van der Waals surface area contributed by atoms with Crippen LogP contribution in [0.4, 0.5) is 0 Å². The van der Waals surface area contributed by atoms with Gasteiger partial charge in [-0.25, -0.2) is 4.68 Å². The van der Waals surface area contributed by atoms with Crippen LogP contribution in [0.15, 0.2) is 47.3 Å². The van der Waals surface area contributed by atoms with Crippen molar-refractivity contribution in [1.29, 1.82) is 0 Å². The zero-order chi connectivity index (χ0) is 15.2. The number of aryl methyl sites for hydroxylation is 1. The van der Waals surface area contributed by atoms with Crippen LogP contribution in [-0.4, -0.2) is 33.4 Å². The minimum Gasteiger partial charge on any atom is -0.394 e. The summed E-state index contributed by atoms with van der Waals surface area (Å²) in [4.78, 5) is 23.3. The SMILES string of the molecule is Cn1nc(C(=O)N[C@@H](CO)Cc2ccccc2)ccc1=O. The van der Waals surface area contributed by atoms with Gasteiger partial charge in [0.05, 0.1) is 12.6 Å². The Balaban J connectivity index is 2.05. The van der Waals surface area contributed by atoms with Crippen molar-refractivity contribution in [2.45, 2.75) is 12.5 Å². The number of nitrogens with zero attached hydrogens (tertiary/aromatic N) is 2. The summed E-state index contributed by atoms with van der Waals surface area (Å²) < 4.78 is 1.10. The molecule has 2 aromatic rings. The molecule has 2 N–H and O–H groups in total. The molecule has 0 unspecified atom stereocenters. The Bertz CT molecular complexity index is 667. The molecule has 1 aromatic carbocycles. The van der Waals surface area contributed by atoms with Gasteiger partial charge in [0.25, 0.3) is 11.5 Å². The number of nitrogens with one attached hydrogen (secondary N) is 1. The first-order chi connectivity index (χ1) is 10.1. The van der Waals surface area contributed by atoms with E-state index >= 15 is 0 Å². The predicted octanol–water partition coefficient (Wildman–Crippen LogP) is 0.114. The normalized spacial score (nSPS) is 11.9. The van der Waals surface area contributed by atoms with E-state index in [1.807, 2.05) is 30.3 Å². The third-order valence-corrected chi connectivity index (χ3v) is 3.07. The van der Waals surface area contributed by atoms with Gasteiger partial charge in [0.1, 0.15) is 5.69 Å². The highest BCUT2D eigenvalue weighted by molar-refractivity contribution is 5.92. The summed E-state index contributed by atoms with van der Waals surface area (Å²) >= 11 is 0. The molecule has 0 aliphatic carbocycles. The van der Waals surface area contributed by atoms with Crippen molar-refractivity contribution in [2.75, 3.05) is 6.61 Å². The summed E-state index contributed by atoms with van der Waals surface area (Å²) in [5.41, 5.74) is 0.878. The van der Waals surface area contributed by atoms with Gasteiger partial charge in [-0.05, 0) is 18.1 Å². The van der Waals surface area contributed by atoms with Gasteiger partial charge in [-0.15, -0.1) is 0 Å². The van der Waals surface area contributed by atoms with Gasteiger partial charge in [0.15, 0.2) is 0 Å². The van der Waals surface area contributed by atoms with Gasteiger partial charge in [-0.1, -0.05) is 30.3 Å². The van der Waals surface area contributed by atoms with Crippen LogP contribution in [-0.2, 0) is 13.5 Å². The van der Waals surface area contributed by atoms with Crippen molar-refractivity contribution >= 4 is 5.91 Å². The van der Waals surface area contributed by atoms with Crippen LogP contribution < -0.4 is 10.9 Å². The molecule has 0 fully saturated rings. The maximum atomic E-state index is 12.1. The molecule has 0 aliphatic rings. The third-order valence-electron chi connectivity index (χ3n) is 3.07. The number of carbonyl (C=O) groups is 1. The standard InChI is InChI=1S/C15H17N3O3/c1-18-14(20)8-7-13(17-18)15(21)16-12(10-19)9-11-5-3-2-4-6-11/h2-8,12,19H,9-10H2,1H3,(H,16,21)/t12-/m1/s1. The van der Waals surface area contributed by atoms with E-state index in [9.17, 15) is 14.7 Å². The summed E-state index contributed by atoms with van der Waals surface area (Å²) in [7, 11) is 1.48. The Labute approximate surface area is 122 Å². The zero-order valence-electron chi connectivity index (χ0n) is 11.7. The van der Waals surface area contributed by atoms with Crippen LogP contribution in [0.1, 0.15) is 16.1 Å². The lowest BCUT2D eigenvalue weighted by Gasteiger charge is -2.16. The fourth-order valence-corrected chi connectivity index (χ4v) is 1.94. The summed E-state index contributed by atoms with van der Waals surface area (Å²) in [5.74, 6) is -0.416. The number of carbonyl (C=O) groups excluding carboxylic acids is 1. The van der Waals surface area contributed by atoms with Crippen LogP contribution in [0, 0.1) is 0 Å². The van der Waals surface area contributed by atoms with Crippen molar-refractivity contribution in [3.8, 4) is 0 Å². The maximum Gasteiger partial charge on any atom is 0.272 e. The van der Waals surface area contributed by atoms with Gasteiger partial charge < -0.3 is 10.4 Å². The monoisotopic (exact) mass is 287 g/mol. The highest BCUT2D eigenvalue weighted by Crippen LogP contribution is 2.03. The summed E-state index contributed by atoms with van der Waals surface area (Å²) in [6.07, 6.45) is 0.523. The maximum absolute atomic E-state index is 12.1. The van der Waals surface area contributed by atoms with E-state index in [0.717, 1.165) is 10.2 Å². The molecule has 1 amide bonds. The second kappa shape index (κ2) is 6.81. The molecule has 0 saturated heterocycles. The molecular formula is C15H17N3O3. The number of benzene rings is 1. The third kappa shape index (κ3) is 4.00. The van der Waals surface area contributed by atoms with E-state index in [-0.39, 0.29) is 17.9 Å². The largest absolute Gasteiger partial charge is 0.394 e.